The number of rotatable bonds is 7. The van der Waals surface area contributed by atoms with Crippen molar-refractivity contribution in [3.05, 3.63) is 59.7 Å². The highest BCUT2D eigenvalue weighted by molar-refractivity contribution is 7.98. The van der Waals surface area contributed by atoms with Gasteiger partial charge in [0.2, 0.25) is 0 Å². The smallest absolute Gasteiger partial charge is 0.410 e. The van der Waals surface area contributed by atoms with E-state index in [4.69, 9.17) is 9.84 Å². The number of carboxylic acid groups (broad SMARTS) is 1. The van der Waals surface area contributed by atoms with Crippen LogP contribution in [-0.2, 0) is 9.53 Å². The molecule has 0 spiro atoms. The number of ether oxygens (including phenoxy) is 1. The van der Waals surface area contributed by atoms with E-state index < -0.39 is 12.1 Å². The molecule has 1 N–H and O–H groups in total. The summed E-state index contributed by atoms with van der Waals surface area (Å²) in [6, 6.07) is 16.2. The van der Waals surface area contributed by atoms with E-state index in [1.807, 2.05) is 30.5 Å². The quantitative estimate of drug-likeness (QED) is 0.804. The summed E-state index contributed by atoms with van der Waals surface area (Å²) in [6.45, 7) is 0.198. The fraction of sp³-hybridized carbons (Fsp3) is 0.300. The summed E-state index contributed by atoms with van der Waals surface area (Å²) in [5.74, 6) is -0.407. The van der Waals surface area contributed by atoms with E-state index in [0.717, 1.165) is 22.3 Å². The molecule has 0 aliphatic heterocycles. The Morgan fingerprint density at radius 1 is 1.08 bits per heavy atom. The molecule has 0 unspecified atom stereocenters. The number of thioether (sulfide) groups is 1. The zero-order valence-electron chi connectivity index (χ0n) is 14.6. The van der Waals surface area contributed by atoms with E-state index in [2.05, 4.69) is 24.3 Å². The Balaban J connectivity index is 1.74. The molecular weight excluding hydrogens is 350 g/mol. The second-order valence-corrected chi connectivity index (χ2v) is 7.10. The molecule has 0 aromatic heterocycles. The third-order valence-corrected chi connectivity index (χ3v) is 5.08. The predicted octanol–water partition coefficient (Wildman–Crippen LogP) is 3.69. The Kier molecular flexibility index (Phi) is 5.83. The van der Waals surface area contributed by atoms with Crippen LogP contribution in [0.25, 0.3) is 11.1 Å². The number of hydrogen-bond donors (Lipinski definition) is 1. The third-order valence-electron chi connectivity index (χ3n) is 4.49. The van der Waals surface area contributed by atoms with Gasteiger partial charge in [-0.1, -0.05) is 48.5 Å². The zero-order chi connectivity index (χ0) is 18.5. The van der Waals surface area contributed by atoms with Gasteiger partial charge in [-0.25, -0.2) is 4.79 Å². The summed E-state index contributed by atoms with van der Waals surface area (Å²) >= 11 is 1.56. The average Bonchev–Trinajstić information content (AvgIpc) is 2.97. The lowest BCUT2D eigenvalue weighted by Gasteiger charge is -2.21. The molecule has 0 bridgehead atoms. The molecule has 6 heteroatoms. The van der Waals surface area contributed by atoms with Crippen LogP contribution in [0.1, 0.15) is 17.0 Å². The Labute approximate surface area is 157 Å². The number of carbonyl (C=O) groups excluding carboxylic acids is 1. The topological polar surface area (TPSA) is 66.8 Å². The maximum absolute atomic E-state index is 12.4. The van der Waals surface area contributed by atoms with Crippen LogP contribution in [0.2, 0.25) is 0 Å². The Morgan fingerprint density at radius 2 is 1.65 bits per heavy atom. The lowest BCUT2D eigenvalue weighted by atomic mass is 9.98. The number of hydrogen-bond acceptors (Lipinski definition) is 4. The molecule has 0 heterocycles. The van der Waals surface area contributed by atoms with Crippen molar-refractivity contribution in [1.29, 1.82) is 0 Å². The van der Waals surface area contributed by atoms with Gasteiger partial charge in [0.1, 0.15) is 13.2 Å². The first-order chi connectivity index (χ1) is 12.6. The monoisotopic (exact) mass is 371 g/mol. The van der Waals surface area contributed by atoms with Crippen molar-refractivity contribution >= 4 is 23.8 Å². The maximum Gasteiger partial charge on any atom is 0.410 e. The first-order valence-electron chi connectivity index (χ1n) is 8.42. The maximum atomic E-state index is 12.4. The second-order valence-electron chi connectivity index (χ2n) is 6.11. The summed E-state index contributed by atoms with van der Waals surface area (Å²) in [5, 5.41) is 9.02. The van der Waals surface area contributed by atoms with Crippen molar-refractivity contribution in [2.45, 2.75) is 5.92 Å². The summed E-state index contributed by atoms with van der Waals surface area (Å²) < 4.78 is 5.51. The van der Waals surface area contributed by atoms with E-state index in [9.17, 15) is 9.59 Å². The van der Waals surface area contributed by atoms with Crippen LogP contribution >= 0.6 is 11.8 Å². The fourth-order valence-electron chi connectivity index (χ4n) is 3.28. The first-order valence-corrected chi connectivity index (χ1v) is 9.82. The third kappa shape index (κ3) is 3.85. The summed E-state index contributed by atoms with van der Waals surface area (Å²) in [6.07, 6.45) is 1.33. The molecule has 1 amide bonds. The summed E-state index contributed by atoms with van der Waals surface area (Å²) in [7, 11) is 0. The van der Waals surface area contributed by atoms with Crippen LogP contribution in [0.4, 0.5) is 4.79 Å². The van der Waals surface area contributed by atoms with E-state index in [1.54, 1.807) is 11.8 Å². The van der Waals surface area contributed by atoms with E-state index in [0.29, 0.717) is 12.3 Å². The van der Waals surface area contributed by atoms with E-state index in [1.165, 1.54) is 4.90 Å². The Hall–Kier alpha value is -2.47. The first kappa shape index (κ1) is 18.3. The molecule has 0 saturated carbocycles. The van der Waals surface area contributed by atoms with Crippen molar-refractivity contribution in [1.82, 2.24) is 4.90 Å². The molecule has 0 fully saturated rings. The number of nitrogens with zero attached hydrogens (tertiary/aromatic N) is 1. The molecule has 0 radical (unpaired) electrons. The van der Waals surface area contributed by atoms with Gasteiger partial charge >= 0.3 is 12.1 Å². The standard InChI is InChI=1S/C20H21NO4S/c1-26-11-10-21(12-19(22)23)20(24)25-13-18-16-8-4-2-6-14(16)15-7-3-5-9-17(15)18/h2-9,18H,10-13H2,1H3,(H,22,23). The minimum Gasteiger partial charge on any atom is -0.480 e. The molecule has 3 rings (SSSR count). The van der Waals surface area contributed by atoms with Crippen molar-refractivity contribution in [3.8, 4) is 11.1 Å². The van der Waals surface area contributed by atoms with Crippen LogP contribution < -0.4 is 0 Å². The van der Waals surface area contributed by atoms with Crippen LogP contribution in [0.15, 0.2) is 48.5 Å². The predicted molar refractivity (Wildman–Crippen MR) is 103 cm³/mol. The van der Waals surface area contributed by atoms with Crippen LogP contribution in [0, 0.1) is 0 Å². The Bertz CT molecular complexity index is 762. The van der Waals surface area contributed by atoms with Gasteiger partial charge in [-0.2, -0.15) is 11.8 Å². The molecule has 1 aliphatic rings. The van der Waals surface area contributed by atoms with Crippen molar-refractivity contribution < 1.29 is 19.4 Å². The SMILES string of the molecule is CSCCN(CC(=O)O)C(=O)OCC1c2ccccc2-c2ccccc21. The van der Waals surface area contributed by atoms with Gasteiger partial charge in [0.05, 0.1) is 0 Å². The molecule has 0 saturated heterocycles. The second kappa shape index (κ2) is 8.27. The molecule has 136 valence electrons. The van der Waals surface area contributed by atoms with Gasteiger partial charge in [0.25, 0.3) is 0 Å². The van der Waals surface area contributed by atoms with Gasteiger partial charge in [-0.3, -0.25) is 9.69 Å². The molecule has 26 heavy (non-hydrogen) atoms. The largest absolute Gasteiger partial charge is 0.480 e. The number of fused-ring (bicyclic) bond motifs is 3. The van der Waals surface area contributed by atoms with Crippen LogP contribution in [0.5, 0.6) is 0 Å². The molecule has 0 atom stereocenters. The normalized spacial score (nSPS) is 12.3. The van der Waals surface area contributed by atoms with Gasteiger partial charge < -0.3 is 9.84 Å². The molecule has 2 aromatic carbocycles. The van der Waals surface area contributed by atoms with Gasteiger partial charge in [-0.15, -0.1) is 0 Å². The lowest BCUT2D eigenvalue weighted by Crippen LogP contribution is -2.38. The lowest BCUT2D eigenvalue weighted by molar-refractivity contribution is -0.137. The van der Waals surface area contributed by atoms with E-state index in [-0.39, 0.29) is 19.1 Å². The van der Waals surface area contributed by atoms with Crippen LogP contribution in [0.3, 0.4) is 0 Å². The highest BCUT2D eigenvalue weighted by Gasteiger charge is 2.29. The Morgan fingerprint density at radius 3 is 2.19 bits per heavy atom. The van der Waals surface area contributed by atoms with E-state index >= 15 is 0 Å². The number of carbonyl (C=O) groups is 2. The molecule has 1 aliphatic carbocycles. The van der Waals surface area contributed by atoms with Gasteiger partial charge in [-0.05, 0) is 28.5 Å². The zero-order valence-corrected chi connectivity index (χ0v) is 15.4. The molecule has 5 nitrogen and oxygen atoms in total. The highest BCUT2D eigenvalue weighted by atomic mass is 32.2. The fourth-order valence-corrected chi connectivity index (χ4v) is 3.69. The summed E-state index contributed by atoms with van der Waals surface area (Å²) in [4.78, 5) is 24.6. The van der Waals surface area contributed by atoms with Crippen molar-refractivity contribution in [2.75, 3.05) is 31.7 Å². The minimum atomic E-state index is -1.04. The number of carboxylic acids is 1. The number of aliphatic carboxylic acids is 1. The van der Waals surface area contributed by atoms with Gasteiger partial charge in [0, 0.05) is 18.2 Å². The van der Waals surface area contributed by atoms with Crippen LogP contribution in [-0.4, -0.2) is 53.8 Å². The average molecular weight is 371 g/mol. The number of benzene rings is 2. The van der Waals surface area contributed by atoms with Gasteiger partial charge in [0.15, 0.2) is 0 Å². The number of amides is 1. The van der Waals surface area contributed by atoms with Crippen molar-refractivity contribution in [2.24, 2.45) is 0 Å². The van der Waals surface area contributed by atoms with Crippen molar-refractivity contribution in [3.63, 3.8) is 0 Å². The highest BCUT2D eigenvalue weighted by Crippen LogP contribution is 2.44. The molecular formula is C20H21NO4S. The summed E-state index contributed by atoms with van der Waals surface area (Å²) in [5.41, 5.74) is 4.59. The molecule has 2 aromatic rings. The minimum absolute atomic E-state index is 0.0291.